The molecule has 0 saturated carbocycles. The number of carbonyl (C=O) groups excluding carboxylic acids is 1. The summed E-state index contributed by atoms with van der Waals surface area (Å²) >= 11 is 0. The summed E-state index contributed by atoms with van der Waals surface area (Å²) in [5, 5.41) is 7.92. The Balaban J connectivity index is 1.39. The van der Waals surface area contributed by atoms with Crippen molar-refractivity contribution < 1.29 is 9.53 Å². The molecule has 0 aliphatic carbocycles. The first-order valence-electron chi connectivity index (χ1n) is 9.38. The summed E-state index contributed by atoms with van der Waals surface area (Å²) in [6.45, 7) is 5.22. The second-order valence-corrected chi connectivity index (χ2v) is 6.75. The quantitative estimate of drug-likeness (QED) is 0.730. The van der Waals surface area contributed by atoms with Gasteiger partial charge in [0.1, 0.15) is 11.6 Å². The zero-order chi connectivity index (χ0) is 19.3. The molecular formula is C21H23N5O2. The number of morpholine rings is 1. The molecule has 0 radical (unpaired) electrons. The van der Waals surface area contributed by atoms with Crippen LogP contribution in [-0.2, 0) is 11.3 Å². The molecule has 0 bridgehead atoms. The summed E-state index contributed by atoms with van der Waals surface area (Å²) in [4.78, 5) is 23.5. The summed E-state index contributed by atoms with van der Waals surface area (Å²) in [7, 11) is 0. The molecule has 0 unspecified atom stereocenters. The molecule has 4 rings (SSSR count). The van der Waals surface area contributed by atoms with Crippen molar-refractivity contribution >= 4 is 28.3 Å². The molecule has 1 fully saturated rings. The molecule has 2 heterocycles. The van der Waals surface area contributed by atoms with Gasteiger partial charge in [0.15, 0.2) is 0 Å². The zero-order valence-electron chi connectivity index (χ0n) is 15.8. The van der Waals surface area contributed by atoms with Gasteiger partial charge in [0.2, 0.25) is 0 Å². The summed E-state index contributed by atoms with van der Waals surface area (Å²) in [5.74, 6) is 1.47. The van der Waals surface area contributed by atoms with Gasteiger partial charge < -0.3 is 20.3 Å². The van der Waals surface area contributed by atoms with Gasteiger partial charge >= 0.3 is 6.03 Å². The highest BCUT2D eigenvalue weighted by Gasteiger charge is 2.14. The van der Waals surface area contributed by atoms with E-state index in [-0.39, 0.29) is 12.6 Å². The number of aryl methyl sites for hydroxylation is 1. The van der Waals surface area contributed by atoms with Crippen LogP contribution in [0.25, 0.3) is 10.8 Å². The van der Waals surface area contributed by atoms with Crippen LogP contribution in [0.1, 0.15) is 11.5 Å². The number of urea groups is 1. The van der Waals surface area contributed by atoms with Crippen molar-refractivity contribution in [1.82, 2.24) is 15.3 Å². The molecular weight excluding hydrogens is 354 g/mol. The van der Waals surface area contributed by atoms with Gasteiger partial charge in [0.05, 0.1) is 19.8 Å². The Morgan fingerprint density at radius 1 is 1.07 bits per heavy atom. The van der Waals surface area contributed by atoms with Gasteiger partial charge in [-0.3, -0.25) is 0 Å². The molecule has 3 aromatic rings. The highest BCUT2D eigenvalue weighted by molar-refractivity contribution is 5.93. The van der Waals surface area contributed by atoms with Gasteiger partial charge in [0, 0.05) is 30.5 Å². The molecule has 2 aromatic carbocycles. The van der Waals surface area contributed by atoms with Gasteiger partial charge in [0.25, 0.3) is 0 Å². The average molecular weight is 377 g/mol. The van der Waals surface area contributed by atoms with Gasteiger partial charge in [-0.15, -0.1) is 0 Å². The lowest BCUT2D eigenvalue weighted by Gasteiger charge is -2.28. The van der Waals surface area contributed by atoms with E-state index < -0.39 is 0 Å². The average Bonchev–Trinajstić information content (AvgIpc) is 2.72. The molecule has 28 heavy (non-hydrogen) atoms. The molecule has 1 aliphatic rings. The van der Waals surface area contributed by atoms with Gasteiger partial charge in [-0.2, -0.15) is 0 Å². The second-order valence-electron chi connectivity index (χ2n) is 6.75. The van der Waals surface area contributed by atoms with Gasteiger partial charge in [-0.25, -0.2) is 14.8 Å². The lowest BCUT2D eigenvalue weighted by atomic mass is 10.1. The van der Waals surface area contributed by atoms with Crippen LogP contribution in [-0.4, -0.2) is 42.3 Å². The number of carbonyl (C=O) groups is 1. The van der Waals surface area contributed by atoms with Crippen LogP contribution in [0.5, 0.6) is 0 Å². The van der Waals surface area contributed by atoms with Crippen molar-refractivity contribution in [3.05, 3.63) is 60.0 Å². The third-order valence-corrected chi connectivity index (χ3v) is 4.64. The Morgan fingerprint density at radius 3 is 2.68 bits per heavy atom. The van der Waals surface area contributed by atoms with Crippen LogP contribution < -0.4 is 15.5 Å². The molecule has 2 N–H and O–H groups in total. The largest absolute Gasteiger partial charge is 0.378 e. The molecule has 7 heteroatoms. The first-order chi connectivity index (χ1) is 13.7. The number of ether oxygens (including phenoxy) is 1. The number of benzene rings is 2. The van der Waals surface area contributed by atoms with E-state index in [9.17, 15) is 4.79 Å². The van der Waals surface area contributed by atoms with Crippen LogP contribution in [0.4, 0.5) is 16.3 Å². The Labute approximate surface area is 163 Å². The van der Waals surface area contributed by atoms with E-state index in [1.54, 1.807) is 0 Å². The Morgan fingerprint density at radius 2 is 1.86 bits per heavy atom. The summed E-state index contributed by atoms with van der Waals surface area (Å²) < 4.78 is 5.39. The third kappa shape index (κ3) is 4.37. The smallest absolute Gasteiger partial charge is 0.319 e. The number of nitrogens with one attached hydrogen (secondary N) is 2. The van der Waals surface area contributed by atoms with E-state index in [0.717, 1.165) is 41.1 Å². The van der Waals surface area contributed by atoms with E-state index in [1.165, 1.54) is 0 Å². The Kier molecular flexibility index (Phi) is 5.34. The number of anilines is 2. The van der Waals surface area contributed by atoms with E-state index in [2.05, 4.69) is 25.5 Å². The van der Waals surface area contributed by atoms with Crippen LogP contribution >= 0.6 is 0 Å². The number of hydrogen-bond donors (Lipinski definition) is 2. The maximum atomic E-state index is 12.3. The normalized spacial score (nSPS) is 14.1. The number of amides is 2. The highest BCUT2D eigenvalue weighted by Crippen LogP contribution is 2.19. The van der Waals surface area contributed by atoms with Gasteiger partial charge in [-0.1, -0.05) is 30.3 Å². The fraction of sp³-hybridized carbons (Fsp3) is 0.286. The van der Waals surface area contributed by atoms with Crippen molar-refractivity contribution in [2.45, 2.75) is 13.5 Å². The molecule has 2 amide bonds. The molecule has 144 valence electrons. The Bertz CT molecular complexity index is 985. The first-order valence-corrected chi connectivity index (χ1v) is 9.38. The third-order valence-electron chi connectivity index (χ3n) is 4.64. The number of aromatic nitrogens is 2. The minimum absolute atomic E-state index is 0.262. The minimum atomic E-state index is -0.284. The predicted octanol–water partition coefficient (Wildman–Crippen LogP) is 3.10. The minimum Gasteiger partial charge on any atom is -0.378 e. The topological polar surface area (TPSA) is 79.4 Å². The molecule has 1 aromatic heterocycles. The molecule has 1 saturated heterocycles. The predicted molar refractivity (Wildman–Crippen MR) is 110 cm³/mol. The van der Waals surface area contributed by atoms with E-state index in [0.29, 0.717) is 19.0 Å². The monoisotopic (exact) mass is 377 g/mol. The van der Waals surface area contributed by atoms with Crippen molar-refractivity contribution in [2.24, 2.45) is 0 Å². The first kappa shape index (κ1) is 18.2. The van der Waals surface area contributed by atoms with E-state index >= 15 is 0 Å². The van der Waals surface area contributed by atoms with Crippen LogP contribution in [0, 0.1) is 6.92 Å². The summed E-state index contributed by atoms with van der Waals surface area (Å²) in [5.41, 5.74) is 1.62. The number of fused-ring (bicyclic) bond motifs is 1. The van der Waals surface area contributed by atoms with Crippen LogP contribution in [0.15, 0.2) is 48.5 Å². The number of rotatable bonds is 4. The van der Waals surface area contributed by atoms with Crippen molar-refractivity contribution in [2.75, 3.05) is 36.5 Å². The van der Waals surface area contributed by atoms with Crippen molar-refractivity contribution in [1.29, 1.82) is 0 Å². The van der Waals surface area contributed by atoms with Crippen LogP contribution in [0.3, 0.4) is 0 Å². The molecule has 7 nitrogen and oxygen atoms in total. The Hall–Kier alpha value is -3.19. The SMILES string of the molecule is Cc1cc(N2CCOCC2)nc(CNC(=O)Nc2ccc3ccccc3c2)n1. The summed E-state index contributed by atoms with van der Waals surface area (Å²) in [6.07, 6.45) is 0. The maximum Gasteiger partial charge on any atom is 0.319 e. The lowest BCUT2D eigenvalue weighted by molar-refractivity contribution is 0.122. The zero-order valence-corrected chi connectivity index (χ0v) is 15.8. The maximum absolute atomic E-state index is 12.3. The highest BCUT2D eigenvalue weighted by atomic mass is 16.5. The number of nitrogens with zero attached hydrogens (tertiary/aromatic N) is 3. The van der Waals surface area contributed by atoms with Crippen molar-refractivity contribution in [3.8, 4) is 0 Å². The lowest BCUT2D eigenvalue weighted by Crippen LogP contribution is -2.37. The summed E-state index contributed by atoms with van der Waals surface area (Å²) in [6, 6.07) is 15.5. The molecule has 1 aliphatic heterocycles. The standard InChI is InChI=1S/C21H23N5O2/c1-15-12-20(26-8-10-28-11-9-26)25-19(23-15)14-22-21(27)24-18-7-6-16-4-2-3-5-17(16)13-18/h2-7,12-13H,8-11,14H2,1H3,(H2,22,24,27). The molecule has 0 spiro atoms. The molecule has 0 atom stereocenters. The fourth-order valence-corrected chi connectivity index (χ4v) is 3.25. The van der Waals surface area contributed by atoms with Crippen molar-refractivity contribution in [3.63, 3.8) is 0 Å². The van der Waals surface area contributed by atoms with Crippen LogP contribution in [0.2, 0.25) is 0 Å². The van der Waals surface area contributed by atoms with E-state index in [1.807, 2.05) is 55.5 Å². The second kappa shape index (κ2) is 8.22. The fourth-order valence-electron chi connectivity index (χ4n) is 3.25. The van der Waals surface area contributed by atoms with Gasteiger partial charge in [-0.05, 0) is 29.8 Å². The number of hydrogen-bond acceptors (Lipinski definition) is 5. The van der Waals surface area contributed by atoms with E-state index in [4.69, 9.17) is 4.74 Å².